The van der Waals surface area contributed by atoms with Crippen molar-refractivity contribution in [1.82, 2.24) is 9.97 Å². The number of hydrogen-bond donors (Lipinski definition) is 3. The van der Waals surface area contributed by atoms with Gasteiger partial charge in [0.1, 0.15) is 11.6 Å². The molecule has 0 spiro atoms. The van der Waals surface area contributed by atoms with Crippen LogP contribution in [0.4, 0.5) is 11.6 Å². The fourth-order valence-electron chi connectivity index (χ4n) is 1.48. The van der Waals surface area contributed by atoms with Gasteiger partial charge in [0.15, 0.2) is 0 Å². The van der Waals surface area contributed by atoms with Crippen molar-refractivity contribution >= 4 is 11.6 Å². The molecule has 4 N–H and O–H groups in total. The summed E-state index contributed by atoms with van der Waals surface area (Å²) in [6, 6.07) is 0. The smallest absolute Gasteiger partial charge is 0.147 e. The van der Waals surface area contributed by atoms with Gasteiger partial charge in [-0.2, -0.15) is 0 Å². The third-order valence-electron chi connectivity index (χ3n) is 2.54. The monoisotopic (exact) mass is 194 g/mol. The van der Waals surface area contributed by atoms with E-state index in [0.29, 0.717) is 18.2 Å². The summed E-state index contributed by atoms with van der Waals surface area (Å²) in [6.45, 7) is 0.519. The van der Waals surface area contributed by atoms with Crippen LogP contribution >= 0.6 is 0 Å². The molecule has 0 saturated heterocycles. The molecule has 1 fully saturated rings. The highest BCUT2D eigenvalue weighted by Crippen LogP contribution is 2.31. The van der Waals surface area contributed by atoms with Gasteiger partial charge in [-0.15, -0.1) is 0 Å². The van der Waals surface area contributed by atoms with Gasteiger partial charge in [-0.05, 0) is 19.3 Å². The zero-order valence-electron chi connectivity index (χ0n) is 7.90. The fraction of sp³-hybridized carbons (Fsp3) is 0.556. The topological polar surface area (TPSA) is 84.1 Å². The Morgan fingerprint density at radius 3 is 2.86 bits per heavy atom. The molecule has 0 unspecified atom stereocenters. The maximum absolute atomic E-state index is 9.80. The van der Waals surface area contributed by atoms with Gasteiger partial charge in [0.05, 0.1) is 18.0 Å². The minimum Gasteiger partial charge on any atom is -0.388 e. The summed E-state index contributed by atoms with van der Waals surface area (Å²) >= 11 is 0. The van der Waals surface area contributed by atoms with Crippen molar-refractivity contribution in [2.75, 3.05) is 17.6 Å². The molecular formula is C9H14N4O. The Labute approximate surface area is 82.4 Å². The number of rotatable bonds is 3. The van der Waals surface area contributed by atoms with Gasteiger partial charge in [0, 0.05) is 6.54 Å². The van der Waals surface area contributed by atoms with Gasteiger partial charge in [-0.25, -0.2) is 4.98 Å². The van der Waals surface area contributed by atoms with Crippen LogP contribution in [-0.4, -0.2) is 27.2 Å². The molecule has 0 radical (unpaired) electrons. The van der Waals surface area contributed by atoms with Crippen LogP contribution in [0.5, 0.6) is 0 Å². The third-order valence-corrected chi connectivity index (χ3v) is 2.54. The van der Waals surface area contributed by atoms with Crippen molar-refractivity contribution in [2.24, 2.45) is 0 Å². The van der Waals surface area contributed by atoms with Crippen molar-refractivity contribution < 1.29 is 5.11 Å². The average molecular weight is 194 g/mol. The summed E-state index contributed by atoms with van der Waals surface area (Å²) < 4.78 is 0. The molecule has 5 nitrogen and oxygen atoms in total. The van der Waals surface area contributed by atoms with E-state index in [9.17, 15) is 5.11 Å². The molecule has 14 heavy (non-hydrogen) atoms. The predicted molar refractivity (Wildman–Crippen MR) is 53.7 cm³/mol. The zero-order chi connectivity index (χ0) is 10.0. The number of nitrogens with one attached hydrogen (secondary N) is 1. The lowest BCUT2D eigenvalue weighted by Gasteiger charge is -2.36. The largest absolute Gasteiger partial charge is 0.388 e. The minimum atomic E-state index is -0.549. The van der Waals surface area contributed by atoms with Crippen LogP contribution in [0.25, 0.3) is 0 Å². The molecule has 1 aliphatic rings. The van der Waals surface area contributed by atoms with Crippen LogP contribution in [0.2, 0.25) is 0 Å². The summed E-state index contributed by atoms with van der Waals surface area (Å²) in [5.41, 5.74) is 4.92. The Hall–Kier alpha value is -1.36. The van der Waals surface area contributed by atoms with Gasteiger partial charge in [0.25, 0.3) is 0 Å². The fourth-order valence-corrected chi connectivity index (χ4v) is 1.48. The highest BCUT2D eigenvalue weighted by Gasteiger charge is 2.33. The zero-order valence-corrected chi connectivity index (χ0v) is 7.90. The first-order valence-corrected chi connectivity index (χ1v) is 4.72. The average Bonchev–Trinajstić information content (AvgIpc) is 2.12. The molecule has 0 aromatic carbocycles. The third kappa shape index (κ3) is 1.93. The molecule has 0 atom stereocenters. The van der Waals surface area contributed by atoms with E-state index in [1.54, 1.807) is 6.20 Å². The summed E-state index contributed by atoms with van der Waals surface area (Å²) in [5, 5.41) is 12.8. The maximum atomic E-state index is 9.80. The first-order chi connectivity index (χ1) is 6.68. The lowest BCUT2D eigenvalue weighted by atomic mass is 9.80. The second kappa shape index (κ2) is 3.42. The Morgan fingerprint density at radius 2 is 2.29 bits per heavy atom. The van der Waals surface area contributed by atoms with Gasteiger partial charge in [-0.1, -0.05) is 0 Å². The van der Waals surface area contributed by atoms with E-state index in [1.165, 1.54) is 6.20 Å². The predicted octanol–water partition coefficient (Wildman–Crippen LogP) is 0.386. The highest BCUT2D eigenvalue weighted by atomic mass is 16.3. The van der Waals surface area contributed by atoms with E-state index in [0.717, 1.165) is 19.3 Å². The maximum Gasteiger partial charge on any atom is 0.147 e. The summed E-state index contributed by atoms with van der Waals surface area (Å²) in [7, 11) is 0. The summed E-state index contributed by atoms with van der Waals surface area (Å²) in [6.07, 6.45) is 5.90. The second-order valence-corrected chi connectivity index (χ2v) is 3.76. The molecular weight excluding hydrogens is 180 g/mol. The van der Waals surface area contributed by atoms with E-state index < -0.39 is 5.60 Å². The molecule has 2 rings (SSSR count). The van der Waals surface area contributed by atoms with Gasteiger partial charge < -0.3 is 16.2 Å². The normalized spacial score (nSPS) is 18.6. The van der Waals surface area contributed by atoms with Crippen molar-refractivity contribution in [1.29, 1.82) is 0 Å². The quantitative estimate of drug-likeness (QED) is 0.648. The Balaban J connectivity index is 1.91. The molecule has 1 aromatic rings. The number of nitrogens with zero attached hydrogens (tertiary/aromatic N) is 2. The SMILES string of the molecule is Nc1cncc(NCC2(O)CCC2)n1. The molecule has 1 saturated carbocycles. The van der Waals surface area contributed by atoms with E-state index in [2.05, 4.69) is 15.3 Å². The van der Waals surface area contributed by atoms with E-state index in [4.69, 9.17) is 5.73 Å². The molecule has 0 amide bonds. The molecule has 1 heterocycles. The summed E-state index contributed by atoms with van der Waals surface area (Å²) in [4.78, 5) is 7.92. The lowest BCUT2D eigenvalue weighted by molar-refractivity contribution is -0.0202. The molecule has 1 aromatic heterocycles. The molecule has 0 aliphatic heterocycles. The molecule has 76 valence electrons. The first kappa shape index (κ1) is 9.21. The van der Waals surface area contributed by atoms with Gasteiger partial charge in [-0.3, -0.25) is 4.98 Å². The van der Waals surface area contributed by atoms with Crippen molar-refractivity contribution in [3.05, 3.63) is 12.4 Å². The van der Waals surface area contributed by atoms with Crippen LogP contribution < -0.4 is 11.1 Å². The molecule has 0 bridgehead atoms. The van der Waals surface area contributed by atoms with Crippen molar-refractivity contribution in [2.45, 2.75) is 24.9 Å². The van der Waals surface area contributed by atoms with E-state index >= 15 is 0 Å². The number of aromatic nitrogens is 2. The van der Waals surface area contributed by atoms with Crippen LogP contribution in [-0.2, 0) is 0 Å². The van der Waals surface area contributed by atoms with E-state index in [1.807, 2.05) is 0 Å². The van der Waals surface area contributed by atoms with Crippen LogP contribution in [0, 0.1) is 0 Å². The summed E-state index contributed by atoms with van der Waals surface area (Å²) in [5.74, 6) is 1.00. The van der Waals surface area contributed by atoms with Gasteiger partial charge in [0.2, 0.25) is 0 Å². The molecule has 1 aliphatic carbocycles. The van der Waals surface area contributed by atoms with E-state index in [-0.39, 0.29) is 0 Å². The number of nitrogens with two attached hydrogens (primary N) is 1. The Kier molecular flexibility index (Phi) is 2.25. The lowest BCUT2D eigenvalue weighted by Crippen LogP contribution is -2.43. The Morgan fingerprint density at radius 1 is 1.50 bits per heavy atom. The number of anilines is 2. The van der Waals surface area contributed by atoms with Gasteiger partial charge >= 0.3 is 0 Å². The van der Waals surface area contributed by atoms with Crippen LogP contribution in [0.1, 0.15) is 19.3 Å². The van der Waals surface area contributed by atoms with Crippen LogP contribution in [0.15, 0.2) is 12.4 Å². The number of aliphatic hydroxyl groups is 1. The number of hydrogen-bond acceptors (Lipinski definition) is 5. The number of nitrogen functional groups attached to an aromatic ring is 1. The second-order valence-electron chi connectivity index (χ2n) is 3.76. The van der Waals surface area contributed by atoms with Crippen molar-refractivity contribution in [3.8, 4) is 0 Å². The first-order valence-electron chi connectivity index (χ1n) is 4.72. The minimum absolute atomic E-state index is 0.385. The highest BCUT2D eigenvalue weighted by molar-refractivity contribution is 5.38. The standard InChI is InChI=1S/C9H14N4O/c10-7-4-11-5-8(13-7)12-6-9(14)2-1-3-9/h4-5,14H,1-3,6H2,(H3,10,12,13). The van der Waals surface area contributed by atoms with Crippen molar-refractivity contribution in [3.63, 3.8) is 0 Å². The van der Waals surface area contributed by atoms with Crippen LogP contribution in [0.3, 0.4) is 0 Å². The molecule has 5 heteroatoms. The Bertz CT molecular complexity index is 324.